The molecule has 1 atom stereocenters. The molecule has 68 valence electrons. The van der Waals surface area contributed by atoms with Crippen molar-refractivity contribution in [2.75, 3.05) is 5.75 Å². The molecule has 6 heteroatoms. The minimum Gasteiger partial charge on any atom is -0.748 e. The van der Waals surface area contributed by atoms with Crippen molar-refractivity contribution in [1.29, 1.82) is 0 Å². The van der Waals surface area contributed by atoms with E-state index in [9.17, 15) is 13.0 Å². The summed E-state index contributed by atoms with van der Waals surface area (Å²) in [6.45, 7) is -0.125. The van der Waals surface area contributed by atoms with Crippen LogP contribution in [0.3, 0.4) is 0 Å². The van der Waals surface area contributed by atoms with E-state index >= 15 is 0 Å². The second-order valence-electron chi connectivity index (χ2n) is 2.70. The van der Waals surface area contributed by atoms with Crippen molar-refractivity contribution >= 4 is 18.2 Å². The molecule has 0 amide bonds. The van der Waals surface area contributed by atoms with Gasteiger partial charge >= 0.3 is 29.6 Å². The van der Waals surface area contributed by atoms with Gasteiger partial charge in [0.1, 0.15) is 0 Å². The molecule has 1 unspecified atom stereocenters. The van der Waals surface area contributed by atoms with Crippen molar-refractivity contribution in [1.82, 2.24) is 0 Å². The smallest absolute Gasteiger partial charge is 0.748 e. The van der Waals surface area contributed by atoms with Gasteiger partial charge in [-0.15, -0.1) is 0 Å². The van der Waals surface area contributed by atoms with Crippen molar-refractivity contribution in [2.24, 2.45) is 0 Å². The van der Waals surface area contributed by atoms with E-state index < -0.39 is 42.8 Å². The van der Waals surface area contributed by atoms with E-state index in [4.69, 9.17) is 8.22 Å². The van der Waals surface area contributed by atoms with Crippen LogP contribution >= 0.6 is 0 Å². The van der Waals surface area contributed by atoms with Gasteiger partial charge in [0.2, 0.25) is 0 Å². The summed E-state index contributed by atoms with van der Waals surface area (Å²) < 4.78 is 76.0. The molecule has 0 saturated heterocycles. The summed E-state index contributed by atoms with van der Waals surface area (Å²) in [4.78, 5) is 0. The Bertz CT molecular complexity index is 381. The Kier molecular flexibility index (Phi) is 3.17. The molecule has 0 aromatic heterocycles. The Morgan fingerprint density at radius 1 is 1.58 bits per heavy atom. The van der Waals surface area contributed by atoms with E-state index in [1.807, 2.05) is 0 Å². The van der Waals surface area contributed by atoms with Crippen molar-refractivity contribution in [3.05, 3.63) is 0 Å². The van der Waals surface area contributed by atoms with Gasteiger partial charge in [-0.2, -0.15) is 0 Å². The molecule has 0 fully saturated rings. The number of hydrogen-bond acceptors (Lipinski definition) is 3. The first kappa shape index (κ1) is 6.58. The molecular weight excluding hydrogens is 203 g/mol. The molecule has 0 N–H and O–H groups in total. The monoisotopic (exact) mass is 224 g/mol. The second-order valence-corrected chi connectivity index (χ2v) is 7.69. The summed E-state index contributed by atoms with van der Waals surface area (Å²) >= 11 is 0. The van der Waals surface area contributed by atoms with E-state index in [2.05, 4.69) is 0 Å². The van der Waals surface area contributed by atoms with E-state index in [-0.39, 0.29) is 29.6 Å². The van der Waals surface area contributed by atoms with Crippen LogP contribution in [0.15, 0.2) is 0 Å². The van der Waals surface area contributed by atoms with Crippen LogP contribution in [0.25, 0.3) is 0 Å². The maximum absolute atomic E-state index is 10.5. The summed E-state index contributed by atoms with van der Waals surface area (Å²) in [6, 6.07) is 0. The van der Waals surface area contributed by atoms with Crippen LogP contribution in [0.2, 0.25) is 25.6 Å². The third-order valence-corrected chi connectivity index (χ3v) is 2.25. The number of rotatable bonds is 4. The minimum absolute atomic E-state index is 0. The molecule has 0 saturated carbocycles. The molecule has 0 aromatic carbocycles. The van der Waals surface area contributed by atoms with Crippen LogP contribution in [-0.4, -0.2) is 26.8 Å². The summed E-state index contributed by atoms with van der Waals surface area (Å²) in [5.41, 5.74) is 0. The molecule has 0 radical (unpaired) electrons. The van der Waals surface area contributed by atoms with Gasteiger partial charge in [-0.05, 0) is 6.40 Å². The van der Waals surface area contributed by atoms with Gasteiger partial charge in [0, 0.05) is 22.1 Å². The Hall–Kier alpha value is 1.13. The molecule has 3 nitrogen and oxygen atoms in total. The Balaban J connectivity index is 0. The normalized spacial score (nSPS) is 24.6. The Morgan fingerprint density at radius 3 is 2.42 bits per heavy atom. The van der Waals surface area contributed by atoms with Gasteiger partial charge in [-0.25, -0.2) is 8.42 Å². The van der Waals surface area contributed by atoms with Crippen LogP contribution in [-0.2, 0) is 10.1 Å². The van der Waals surface area contributed by atoms with E-state index in [0.717, 1.165) is 0 Å². The van der Waals surface area contributed by atoms with Crippen LogP contribution in [0.4, 0.5) is 0 Å². The molecule has 0 spiro atoms. The average Bonchev–Trinajstić information content (AvgIpc) is 1.97. The molecule has 0 bridgehead atoms. The molecule has 0 aliphatic heterocycles. The molecule has 0 rings (SSSR count). The third kappa shape index (κ3) is 13.7. The minimum atomic E-state index is -4.75. The van der Waals surface area contributed by atoms with Crippen molar-refractivity contribution in [3.63, 3.8) is 0 Å². The first-order valence-electron chi connectivity index (χ1n) is 6.06. The standard InChI is InChI=1S/C6H16O3SSi.Na/c1-11(2,3)6-4-5-10(7,8)9;/h4-6H2,1-3H3,(H,7,8,9);/q;+1/p-1/i1D3,4D,6D2;. The van der Waals surface area contributed by atoms with Gasteiger partial charge in [0.05, 0.1) is 10.1 Å². The molecular formula is C6H15NaO3SSi. The fraction of sp³-hybridized carbons (Fsp3) is 1.00. The Labute approximate surface area is 106 Å². The largest absolute Gasteiger partial charge is 1.00 e. The zero-order valence-corrected chi connectivity index (χ0v) is 11.2. The van der Waals surface area contributed by atoms with E-state index in [0.29, 0.717) is 0 Å². The summed E-state index contributed by atoms with van der Waals surface area (Å²) in [5.74, 6) is -3.71. The van der Waals surface area contributed by atoms with Gasteiger partial charge in [0.25, 0.3) is 0 Å². The maximum Gasteiger partial charge on any atom is 1.00 e. The topological polar surface area (TPSA) is 57.2 Å². The molecule has 0 aromatic rings. The van der Waals surface area contributed by atoms with Crippen molar-refractivity contribution in [3.8, 4) is 0 Å². The fourth-order valence-electron chi connectivity index (χ4n) is 0.399. The van der Waals surface area contributed by atoms with Crippen molar-refractivity contribution in [2.45, 2.75) is 32.0 Å². The average molecular weight is 224 g/mol. The van der Waals surface area contributed by atoms with Crippen LogP contribution in [0.1, 0.15) is 14.6 Å². The zero-order chi connectivity index (χ0) is 14.3. The maximum atomic E-state index is 10.5. The van der Waals surface area contributed by atoms with Gasteiger partial charge in [-0.1, -0.05) is 25.6 Å². The van der Waals surface area contributed by atoms with Gasteiger partial charge in [-0.3, -0.25) is 0 Å². The molecule has 0 heterocycles. The molecule has 0 aliphatic rings. The predicted molar refractivity (Wildman–Crippen MR) is 47.3 cm³/mol. The summed E-state index contributed by atoms with van der Waals surface area (Å²) in [7, 11) is -8.30. The predicted octanol–water partition coefficient (Wildman–Crippen LogP) is -1.74. The van der Waals surface area contributed by atoms with E-state index in [1.54, 1.807) is 0 Å². The second kappa shape index (κ2) is 5.77. The quantitative estimate of drug-likeness (QED) is 0.421. The van der Waals surface area contributed by atoms with Crippen LogP contribution in [0.5, 0.6) is 0 Å². The zero-order valence-electron chi connectivity index (χ0n) is 13.4. The number of hydrogen-bond donors (Lipinski definition) is 0. The Morgan fingerprint density at radius 2 is 2.08 bits per heavy atom. The summed E-state index contributed by atoms with van der Waals surface area (Å²) in [5, 5.41) is 0. The fourth-order valence-corrected chi connectivity index (χ4v) is 1.45. The molecule has 12 heavy (non-hydrogen) atoms. The third-order valence-electron chi connectivity index (χ3n) is 0.750. The SMILES string of the molecule is [2H]C(CS(=O)(=O)[O-])C([2H])([2H])[Si](C)(C)C([2H])([2H])[2H].[Na+]. The summed E-state index contributed by atoms with van der Waals surface area (Å²) in [6.07, 6.45) is -1.88. The van der Waals surface area contributed by atoms with Gasteiger partial charge in [0.15, 0.2) is 0 Å². The molecule has 0 aliphatic carbocycles. The van der Waals surface area contributed by atoms with Crippen molar-refractivity contribution < 1.29 is 50.8 Å². The first-order chi connectivity index (χ1) is 7.13. The van der Waals surface area contributed by atoms with Gasteiger partial charge < -0.3 is 4.55 Å². The van der Waals surface area contributed by atoms with Crippen LogP contribution in [0, 0.1) is 0 Å². The van der Waals surface area contributed by atoms with Crippen LogP contribution < -0.4 is 29.6 Å². The van der Waals surface area contributed by atoms with E-state index in [1.165, 1.54) is 13.1 Å². The first-order valence-corrected chi connectivity index (χ1v) is 7.56.